The van der Waals surface area contributed by atoms with E-state index < -0.39 is 0 Å². The molecule has 0 saturated heterocycles. The molecule has 1 N–H and O–H groups in total. The molecule has 0 unspecified atom stereocenters. The van der Waals surface area contributed by atoms with Crippen LogP contribution in [0.4, 0.5) is 0 Å². The Labute approximate surface area is 124 Å². The lowest BCUT2D eigenvalue weighted by Crippen LogP contribution is -1.82. The fraction of sp³-hybridized carbons (Fsp3) is 0. The van der Waals surface area contributed by atoms with Crippen molar-refractivity contribution in [3.63, 3.8) is 0 Å². The van der Waals surface area contributed by atoms with E-state index in [2.05, 4.69) is 10.1 Å². The van der Waals surface area contributed by atoms with E-state index in [1.54, 1.807) is 17.4 Å². The molecule has 4 rings (SSSR count). The molecule has 0 bridgehead atoms. The summed E-state index contributed by atoms with van der Waals surface area (Å²) in [6.45, 7) is 0. The fourth-order valence-corrected chi connectivity index (χ4v) is 2.92. The summed E-state index contributed by atoms with van der Waals surface area (Å²) in [5, 5.41) is 18.1. The van der Waals surface area contributed by atoms with E-state index in [4.69, 9.17) is 4.52 Å². The van der Waals surface area contributed by atoms with Crippen LogP contribution < -0.4 is 0 Å². The molecule has 0 atom stereocenters. The lowest BCUT2D eigenvalue weighted by Gasteiger charge is -2.04. The molecule has 2 heterocycles. The van der Waals surface area contributed by atoms with E-state index in [9.17, 15) is 5.11 Å². The molecule has 0 aliphatic rings. The molecule has 0 aliphatic carbocycles. The predicted molar refractivity (Wildman–Crippen MR) is 82.2 cm³/mol. The fourth-order valence-electron chi connectivity index (χ4n) is 2.27. The number of benzene rings is 2. The van der Waals surface area contributed by atoms with Gasteiger partial charge in [-0.15, -0.1) is 11.3 Å². The first-order valence-electron chi connectivity index (χ1n) is 6.41. The molecule has 102 valence electrons. The van der Waals surface area contributed by atoms with Gasteiger partial charge in [0.05, 0.1) is 10.4 Å². The molecular formula is C16H10N2O2S. The number of nitrogens with zero attached hydrogens (tertiary/aromatic N) is 2. The van der Waals surface area contributed by atoms with Gasteiger partial charge >= 0.3 is 0 Å². The van der Waals surface area contributed by atoms with Crippen molar-refractivity contribution < 1.29 is 9.63 Å². The van der Waals surface area contributed by atoms with Gasteiger partial charge in [0, 0.05) is 5.39 Å². The van der Waals surface area contributed by atoms with Crippen LogP contribution in [0.2, 0.25) is 0 Å². The minimum Gasteiger partial charge on any atom is -0.506 e. The van der Waals surface area contributed by atoms with Gasteiger partial charge in [-0.2, -0.15) is 4.98 Å². The highest BCUT2D eigenvalue weighted by Crippen LogP contribution is 2.35. The van der Waals surface area contributed by atoms with E-state index in [0.29, 0.717) is 17.3 Å². The van der Waals surface area contributed by atoms with E-state index in [1.165, 1.54) is 0 Å². The molecular weight excluding hydrogens is 284 g/mol. The quantitative estimate of drug-likeness (QED) is 0.598. The molecule has 2 aromatic heterocycles. The zero-order valence-electron chi connectivity index (χ0n) is 10.9. The summed E-state index contributed by atoms with van der Waals surface area (Å²) in [5.41, 5.74) is 0.545. The van der Waals surface area contributed by atoms with Crippen molar-refractivity contribution in [2.75, 3.05) is 0 Å². The van der Waals surface area contributed by atoms with Gasteiger partial charge in [0.15, 0.2) is 0 Å². The van der Waals surface area contributed by atoms with Gasteiger partial charge in [0.1, 0.15) is 5.75 Å². The first kappa shape index (κ1) is 12.1. The number of thiophene rings is 1. The molecule has 0 spiro atoms. The van der Waals surface area contributed by atoms with Crippen molar-refractivity contribution in [2.45, 2.75) is 0 Å². The zero-order valence-corrected chi connectivity index (χ0v) is 11.7. The molecule has 4 aromatic rings. The van der Waals surface area contributed by atoms with E-state index in [1.807, 2.05) is 47.8 Å². The second-order valence-electron chi connectivity index (χ2n) is 4.58. The van der Waals surface area contributed by atoms with Crippen LogP contribution in [0.5, 0.6) is 5.75 Å². The SMILES string of the molecule is Oc1c(-c2nc(-c3cccs3)no2)ccc2ccccc12. The van der Waals surface area contributed by atoms with Gasteiger partial charge in [-0.3, -0.25) is 0 Å². The van der Waals surface area contributed by atoms with Crippen molar-refractivity contribution in [2.24, 2.45) is 0 Å². The Bertz CT molecular complexity index is 913. The number of fused-ring (bicyclic) bond motifs is 1. The maximum Gasteiger partial charge on any atom is 0.262 e. The van der Waals surface area contributed by atoms with E-state index in [0.717, 1.165) is 15.6 Å². The van der Waals surface area contributed by atoms with Crippen molar-refractivity contribution in [3.05, 3.63) is 53.9 Å². The lowest BCUT2D eigenvalue weighted by atomic mass is 10.1. The van der Waals surface area contributed by atoms with Crippen LogP contribution in [0.1, 0.15) is 0 Å². The first-order chi connectivity index (χ1) is 10.3. The number of aromatic hydroxyl groups is 1. The zero-order chi connectivity index (χ0) is 14.2. The normalized spacial score (nSPS) is 11.0. The van der Waals surface area contributed by atoms with Crippen molar-refractivity contribution in [3.8, 4) is 27.9 Å². The monoisotopic (exact) mass is 294 g/mol. The van der Waals surface area contributed by atoms with Gasteiger partial charge in [-0.25, -0.2) is 0 Å². The molecule has 0 saturated carbocycles. The molecule has 5 heteroatoms. The third kappa shape index (κ3) is 1.98. The summed E-state index contributed by atoms with van der Waals surface area (Å²) in [7, 11) is 0. The highest BCUT2D eigenvalue weighted by molar-refractivity contribution is 7.13. The van der Waals surface area contributed by atoms with Gasteiger partial charge < -0.3 is 9.63 Å². The Hall–Kier alpha value is -2.66. The number of rotatable bonds is 2. The Balaban J connectivity index is 1.85. The number of aromatic nitrogens is 2. The molecule has 2 aromatic carbocycles. The Morgan fingerprint density at radius 1 is 1.00 bits per heavy atom. The molecule has 0 radical (unpaired) electrons. The summed E-state index contributed by atoms with van der Waals surface area (Å²) in [6.07, 6.45) is 0. The van der Waals surface area contributed by atoms with Gasteiger partial charge in [0.2, 0.25) is 5.82 Å². The van der Waals surface area contributed by atoms with Crippen LogP contribution in [-0.4, -0.2) is 15.2 Å². The number of hydrogen-bond donors (Lipinski definition) is 1. The van der Waals surface area contributed by atoms with Crippen LogP contribution in [-0.2, 0) is 0 Å². The minimum absolute atomic E-state index is 0.162. The lowest BCUT2D eigenvalue weighted by molar-refractivity contribution is 0.427. The van der Waals surface area contributed by atoms with Crippen molar-refractivity contribution >= 4 is 22.1 Å². The van der Waals surface area contributed by atoms with Crippen LogP contribution in [0, 0.1) is 0 Å². The Morgan fingerprint density at radius 2 is 1.90 bits per heavy atom. The summed E-state index contributed by atoms with van der Waals surface area (Å²) in [5.74, 6) is 1.02. The maximum absolute atomic E-state index is 10.4. The second kappa shape index (κ2) is 4.71. The largest absolute Gasteiger partial charge is 0.506 e. The van der Waals surface area contributed by atoms with Gasteiger partial charge in [-0.05, 0) is 22.9 Å². The first-order valence-corrected chi connectivity index (χ1v) is 7.29. The molecule has 0 aliphatic heterocycles. The second-order valence-corrected chi connectivity index (χ2v) is 5.53. The van der Waals surface area contributed by atoms with Crippen molar-refractivity contribution in [1.82, 2.24) is 10.1 Å². The summed E-state index contributed by atoms with van der Waals surface area (Å²) in [4.78, 5) is 5.30. The van der Waals surface area contributed by atoms with Crippen LogP contribution in [0.25, 0.3) is 32.9 Å². The molecule has 0 fully saturated rings. The third-order valence-corrected chi connectivity index (χ3v) is 4.16. The summed E-state index contributed by atoms with van der Waals surface area (Å²) >= 11 is 1.54. The van der Waals surface area contributed by atoms with Crippen LogP contribution in [0.15, 0.2) is 58.4 Å². The average molecular weight is 294 g/mol. The Morgan fingerprint density at radius 3 is 2.76 bits per heavy atom. The number of hydrogen-bond acceptors (Lipinski definition) is 5. The molecule has 21 heavy (non-hydrogen) atoms. The average Bonchev–Trinajstić information content (AvgIpc) is 3.19. The smallest absolute Gasteiger partial charge is 0.262 e. The van der Waals surface area contributed by atoms with Gasteiger partial charge in [-0.1, -0.05) is 41.6 Å². The topological polar surface area (TPSA) is 59.2 Å². The maximum atomic E-state index is 10.4. The minimum atomic E-state index is 0.162. The summed E-state index contributed by atoms with van der Waals surface area (Å²) < 4.78 is 5.29. The molecule has 0 amide bonds. The number of phenolic OH excluding ortho intramolecular Hbond substituents is 1. The highest BCUT2D eigenvalue weighted by Gasteiger charge is 2.16. The number of phenols is 1. The standard InChI is InChI=1S/C16H10N2O2S/c19-14-11-5-2-1-4-10(11)7-8-12(14)16-17-15(18-20-16)13-6-3-9-21-13/h1-9,19H. The van der Waals surface area contributed by atoms with Crippen molar-refractivity contribution in [1.29, 1.82) is 0 Å². The highest BCUT2D eigenvalue weighted by atomic mass is 32.1. The van der Waals surface area contributed by atoms with E-state index >= 15 is 0 Å². The molecule has 4 nitrogen and oxygen atoms in total. The van der Waals surface area contributed by atoms with Crippen LogP contribution >= 0.6 is 11.3 Å². The van der Waals surface area contributed by atoms with E-state index in [-0.39, 0.29) is 5.75 Å². The Kier molecular flexibility index (Phi) is 2.72. The predicted octanol–water partition coefficient (Wildman–Crippen LogP) is 4.32. The van der Waals surface area contributed by atoms with Crippen LogP contribution in [0.3, 0.4) is 0 Å². The van der Waals surface area contributed by atoms with Gasteiger partial charge in [0.25, 0.3) is 5.89 Å². The third-order valence-electron chi connectivity index (χ3n) is 3.30. The summed E-state index contributed by atoms with van der Waals surface area (Å²) in [6, 6.07) is 15.2.